The van der Waals surface area contributed by atoms with Crippen LogP contribution in [0.3, 0.4) is 0 Å². The lowest BCUT2D eigenvalue weighted by Gasteiger charge is -2.10. The van der Waals surface area contributed by atoms with Crippen LogP contribution >= 0.6 is 0 Å². The zero-order valence-corrected chi connectivity index (χ0v) is 15.4. The number of phenolic OH excluding ortho intramolecular Hbond substituents is 1. The summed E-state index contributed by atoms with van der Waals surface area (Å²) >= 11 is 0. The van der Waals surface area contributed by atoms with Crippen LogP contribution in [-0.4, -0.2) is 31.0 Å². The van der Waals surface area contributed by atoms with Gasteiger partial charge in [-0.3, -0.25) is 9.11 Å². The van der Waals surface area contributed by atoms with Crippen LogP contribution in [0.5, 0.6) is 11.5 Å². The molecule has 146 valence electrons. The van der Waals surface area contributed by atoms with Crippen LogP contribution in [0.4, 0.5) is 11.4 Å². The highest BCUT2D eigenvalue weighted by Crippen LogP contribution is 2.42. The van der Waals surface area contributed by atoms with Crippen LogP contribution < -0.4 is 4.18 Å². The molecule has 0 saturated carbocycles. The van der Waals surface area contributed by atoms with E-state index in [1.54, 1.807) is 30.3 Å². The molecule has 0 fully saturated rings. The Labute approximate surface area is 159 Å². The van der Waals surface area contributed by atoms with Gasteiger partial charge in [0, 0.05) is 5.39 Å². The summed E-state index contributed by atoms with van der Waals surface area (Å²) in [6.07, 6.45) is 0. The maximum Gasteiger partial charge on any atom is 0.446 e. The lowest BCUT2D eigenvalue weighted by molar-refractivity contribution is 0.387. The highest BCUT2D eigenvalue weighted by Gasteiger charge is 2.22. The third-order valence-electron chi connectivity index (χ3n) is 3.52. The van der Waals surface area contributed by atoms with Crippen molar-refractivity contribution in [3.63, 3.8) is 0 Å². The molecule has 10 nitrogen and oxygen atoms in total. The largest absolute Gasteiger partial charge is 0.504 e. The highest BCUT2D eigenvalue weighted by atomic mass is 32.3. The van der Waals surface area contributed by atoms with Crippen molar-refractivity contribution in [3.05, 3.63) is 54.6 Å². The minimum atomic E-state index is -4.84. The Morgan fingerprint density at radius 3 is 2.14 bits per heavy atom. The number of aromatic hydroxyl groups is 1. The van der Waals surface area contributed by atoms with Gasteiger partial charge in [-0.15, -0.1) is 5.11 Å². The molecule has 3 rings (SSSR count). The molecule has 3 N–H and O–H groups in total. The van der Waals surface area contributed by atoms with Gasteiger partial charge < -0.3 is 9.29 Å². The molecule has 0 radical (unpaired) electrons. The average Bonchev–Trinajstić information content (AvgIpc) is 2.59. The Morgan fingerprint density at radius 2 is 1.54 bits per heavy atom. The van der Waals surface area contributed by atoms with E-state index < -0.39 is 31.2 Å². The van der Waals surface area contributed by atoms with Crippen molar-refractivity contribution in [2.45, 2.75) is 4.90 Å². The van der Waals surface area contributed by atoms with Crippen molar-refractivity contribution >= 4 is 42.7 Å². The fraction of sp³-hybridized carbons (Fsp3) is 0. The van der Waals surface area contributed by atoms with Gasteiger partial charge in [0.15, 0.2) is 5.75 Å². The molecule has 0 atom stereocenters. The molecule has 0 spiro atoms. The third kappa shape index (κ3) is 4.43. The number of azo groups is 1. The first-order valence-electron chi connectivity index (χ1n) is 7.45. The summed E-state index contributed by atoms with van der Waals surface area (Å²) in [5.74, 6) is -1.16. The summed E-state index contributed by atoms with van der Waals surface area (Å²) in [7, 11) is -9.65. The Kier molecular flexibility index (Phi) is 5.04. The smallest absolute Gasteiger partial charge is 0.446 e. The molecular weight excluding hydrogens is 412 g/mol. The molecule has 0 aliphatic carbocycles. The zero-order chi connectivity index (χ0) is 20.5. The van der Waals surface area contributed by atoms with Crippen molar-refractivity contribution in [3.8, 4) is 11.5 Å². The number of fused-ring (bicyclic) bond motifs is 1. The first-order chi connectivity index (χ1) is 13.0. The molecule has 3 aromatic rings. The lowest BCUT2D eigenvalue weighted by atomic mass is 10.1. The maximum atomic E-state index is 11.6. The second-order valence-electron chi connectivity index (χ2n) is 5.48. The molecule has 0 aliphatic heterocycles. The zero-order valence-electron chi connectivity index (χ0n) is 13.8. The normalized spacial score (nSPS) is 12.5. The van der Waals surface area contributed by atoms with E-state index in [1.165, 1.54) is 6.07 Å². The van der Waals surface area contributed by atoms with E-state index in [0.717, 1.165) is 18.2 Å². The van der Waals surface area contributed by atoms with Gasteiger partial charge in [-0.1, -0.05) is 18.2 Å². The first kappa shape index (κ1) is 19.7. The Morgan fingerprint density at radius 1 is 0.857 bits per heavy atom. The van der Waals surface area contributed by atoms with E-state index in [1.807, 2.05) is 0 Å². The fourth-order valence-electron chi connectivity index (χ4n) is 2.40. The quantitative estimate of drug-likeness (QED) is 0.414. The molecule has 0 unspecified atom stereocenters. The summed E-state index contributed by atoms with van der Waals surface area (Å²) in [5, 5.41) is 18.3. The van der Waals surface area contributed by atoms with Crippen molar-refractivity contribution < 1.29 is 35.2 Å². The van der Waals surface area contributed by atoms with Crippen LogP contribution in [-0.2, 0) is 20.5 Å². The van der Waals surface area contributed by atoms with Gasteiger partial charge in [-0.05, 0) is 41.8 Å². The minimum absolute atomic E-state index is 0.0496. The molecular formula is C16H12N2O8S2. The number of nitrogens with zero attached hydrogens (tertiary/aromatic N) is 2. The molecule has 3 aromatic carbocycles. The molecule has 0 aromatic heterocycles. The standard InChI is InChI=1S/C16H12N2O8S2/c19-16-14(27(20,21)22)9-10-8-12(26-28(23,24)25)6-7-13(10)15(16)18-17-11-4-2-1-3-5-11/h1-9,19H,(H,20,21,22)(H,23,24,25). The van der Waals surface area contributed by atoms with E-state index in [9.17, 15) is 26.5 Å². The van der Waals surface area contributed by atoms with Gasteiger partial charge in [0.25, 0.3) is 10.1 Å². The molecule has 0 amide bonds. The Hall–Kier alpha value is -3.06. The molecule has 12 heteroatoms. The van der Waals surface area contributed by atoms with E-state index in [-0.39, 0.29) is 22.2 Å². The third-order valence-corrected chi connectivity index (χ3v) is 4.79. The van der Waals surface area contributed by atoms with E-state index in [2.05, 4.69) is 14.4 Å². The van der Waals surface area contributed by atoms with Crippen molar-refractivity contribution in [2.24, 2.45) is 10.2 Å². The van der Waals surface area contributed by atoms with Gasteiger partial charge >= 0.3 is 10.4 Å². The van der Waals surface area contributed by atoms with Gasteiger partial charge in [0.1, 0.15) is 16.3 Å². The molecule has 0 bridgehead atoms. The van der Waals surface area contributed by atoms with Crippen LogP contribution in [0, 0.1) is 0 Å². The predicted octanol–water partition coefficient (Wildman–Crippen LogP) is 3.39. The van der Waals surface area contributed by atoms with Gasteiger partial charge in [0.05, 0.1) is 5.69 Å². The van der Waals surface area contributed by atoms with E-state index in [4.69, 9.17) is 4.55 Å². The van der Waals surface area contributed by atoms with Gasteiger partial charge in [-0.2, -0.15) is 21.9 Å². The predicted molar refractivity (Wildman–Crippen MR) is 98.2 cm³/mol. The first-order valence-corrected chi connectivity index (χ1v) is 10.3. The maximum absolute atomic E-state index is 11.6. The van der Waals surface area contributed by atoms with Crippen LogP contribution in [0.15, 0.2) is 69.7 Å². The monoisotopic (exact) mass is 424 g/mol. The van der Waals surface area contributed by atoms with Crippen molar-refractivity contribution in [1.82, 2.24) is 0 Å². The average molecular weight is 424 g/mol. The molecule has 0 aliphatic rings. The van der Waals surface area contributed by atoms with Crippen LogP contribution in [0.2, 0.25) is 0 Å². The van der Waals surface area contributed by atoms with Gasteiger partial charge in [0.2, 0.25) is 0 Å². The minimum Gasteiger partial charge on any atom is -0.504 e. The number of rotatable bonds is 5. The summed E-state index contributed by atoms with van der Waals surface area (Å²) in [6.45, 7) is 0. The van der Waals surface area contributed by atoms with Crippen LogP contribution in [0.1, 0.15) is 0 Å². The number of hydrogen-bond acceptors (Lipinski definition) is 8. The molecule has 0 heterocycles. The summed E-state index contributed by atoms with van der Waals surface area (Å²) in [4.78, 5) is -0.856. The van der Waals surface area contributed by atoms with Crippen molar-refractivity contribution in [2.75, 3.05) is 0 Å². The second-order valence-corrected chi connectivity index (χ2v) is 7.89. The van der Waals surface area contributed by atoms with Crippen LogP contribution in [0.25, 0.3) is 10.8 Å². The summed E-state index contributed by atoms with van der Waals surface area (Å²) in [5.41, 5.74) is 0.144. The highest BCUT2D eigenvalue weighted by molar-refractivity contribution is 7.86. The molecule has 0 saturated heterocycles. The van der Waals surface area contributed by atoms with Gasteiger partial charge in [-0.25, -0.2) is 0 Å². The second kappa shape index (κ2) is 7.16. The van der Waals surface area contributed by atoms with Crippen molar-refractivity contribution in [1.29, 1.82) is 0 Å². The topological polar surface area (TPSA) is 163 Å². The summed E-state index contributed by atoms with van der Waals surface area (Å²) in [6, 6.07) is 12.8. The van der Waals surface area contributed by atoms with E-state index >= 15 is 0 Å². The summed E-state index contributed by atoms with van der Waals surface area (Å²) < 4.78 is 67.4. The number of phenols is 1. The number of hydrogen-bond donors (Lipinski definition) is 3. The number of benzene rings is 3. The fourth-order valence-corrected chi connectivity index (χ4v) is 3.37. The lowest BCUT2D eigenvalue weighted by Crippen LogP contribution is -2.06. The Bertz CT molecular complexity index is 1290. The molecule has 28 heavy (non-hydrogen) atoms. The SMILES string of the molecule is O=S(=O)(O)Oc1ccc2c(N=Nc3ccccc3)c(O)c(S(=O)(=O)O)cc2c1. The Balaban J connectivity index is 2.25. The van der Waals surface area contributed by atoms with E-state index in [0.29, 0.717) is 5.69 Å².